The number of alkyl halides is 2. The van der Waals surface area contributed by atoms with Gasteiger partial charge in [-0.3, -0.25) is 4.79 Å². The minimum absolute atomic E-state index is 0.0419. The first kappa shape index (κ1) is 11.9. The molecule has 0 spiro atoms. The molecule has 1 aromatic rings. The standard InChI is InChI=1S/C9H8BrF2NO2/c1-4(14)5-2-6(10)8(13)7(3-5)15-9(11)12/h2-3,9H,13H2,1H3. The average molecular weight is 280 g/mol. The maximum atomic E-state index is 12.0. The lowest BCUT2D eigenvalue weighted by molar-refractivity contribution is -0.0494. The summed E-state index contributed by atoms with van der Waals surface area (Å²) < 4.78 is 28.5. The van der Waals surface area contributed by atoms with E-state index in [0.29, 0.717) is 4.47 Å². The Balaban J connectivity index is 3.19. The Bertz CT molecular complexity index is 396. The van der Waals surface area contributed by atoms with Gasteiger partial charge in [0.15, 0.2) is 11.5 Å². The molecule has 0 fully saturated rings. The molecule has 1 rings (SSSR count). The van der Waals surface area contributed by atoms with E-state index in [1.54, 1.807) is 0 Å². The molecule has 0 aromatic heterocycles. The Morgan fingerprint density at radius 2 is 2.13 bits per heavy atom. The molecule has 82 valence electrons. The number of anilines is 1. The molecule has 0 bridgehead atoms. The first-order valence-corrected chi connectivity index (χ1v) is 4.76. The molecule has 3 nitrogen and oxygen atoms in total. The molecule has 0 radical (unpaired) electrons. The van der Waals surface area contributed by atoms with Crippen molar-refractivity contribution < 1.29 is 18.3 Å². The quantitative estimate of drug-likeness (QED) is 0.684. The van der Waals surface area contributed by atoms with Crippen LogP contribution in [0.1, 0.15) is 17.3 Å². The van der Waals surface area contributed by atoms with Gasteiger partial charge in [0.05, 0.1) is 5.69 Å². The molecule has 0 aliphatic rings. The van der Waals surface area contributed by atoms with Crippen molar-refractivity contribution >= 4 is 27.4 Å². The molecule has 6 heteroatoms. The predicted octanol–water partition coefficient (Wildman–Crippen LogP) is 2.84. The Hall–Kier alpha value is -1.17. The van der Waals surface area contributed by atoms with Crippen molar-refractivity contribution in [1.82, 2.24) is 0 Å². The molecular formula is C9H8BrF2NO2. The van der Waals surface area contributed by atoms with Gasteiger partial charge in [0.25, 0.3) is 0 Å². The topological polar surface area (TPSA) is 52.3 Å². The van der Waals surface area contributed by atoms with Crippen molar-refractivity contribution in [2.24, 2.45) is 0 Å². The fraction of sp³-hybridized carbons (Fsp3) is 0.222. The summed E-state index contributed by atoms with van der Waals surface area (Å²) in [6, 6.07) is 2.64. The van der Waals surface area contributed by atoms with Crippen LogP contribution in [-0.4, -0.2) is 12.4 Å². The second-order valence-electron chi connectivity index (χ2n) is 2.80. The molecule has 0 saturated heterocycles. The normalized spacial score (nSPS) is 10.5. The van der Waals surface area contributed by atoms with Crippen LogP contribution in [0.3, 0.4) is 0 Å². The summed E-state index contributed by atoms with van der Waals surface area (Å²) in [5.74, 6) is -0.459. The summed E-state index contributed by atoms with van der Waals surface area (Å²) in [6.07, 6.45) is 0. The highest BCUT2D eigenvalue weighted by Crippen LogP contribution is 2.32. The zero-order valence-electron chi connectivity index (χ0n) is 7.76. The van der Waals surface area contributed by atoms with Gasteiger partial charge in [-0.1, -0.05) is 0 Å². The summed E-state index contributed by atoms with van der Waals surface area (Å²) in [7, 11) is 0. The zero-order chi connectivity index (χ0) is 11.6. The van der Waals surface area contributed by atoms with Crippen molar-refractivity contribution in [2.45, 2.75) is 13.5 Å². The first-order valence-electron chi connectivity index (χ1n) is 3.96. The van der Waals surface area contributed by atoms with Crippen molar-refractivity contribution in [3.05, 3.63) is 22.2 Å². The van der Waals surface area contributed by atoms with Crippen LogP contribution in [0.4, 0.5) is 14.5 Å². The number of nitrogen functional groups attached to an aromatic ring is 1. The summed E-state index contributed by atoms with van der Waals surface area (Å²) in [6.45, 7) is -1.65. The van der Waals surface area contributed by atoms with Crippen molar-refractivity contribution in [3.63, 3.8) is 0 Å². The van der Waals surface area contributed by atoms with Gasteiger partial charge in [-0.2, -0.15) is 8.78 Å². The minimum atomic E-state index is -2.97. The molecule has 0 aliphatic carbocycles. The van der Waals surface area contributed by atoms with Gasteiger partial charge < -0.3 is 10.5 Å². The van der Waals surface area contributed by atoms with E-state index in [2.05, 4.69) is 20.7 Å². The highest BCUT2D eigenvalue weighted by Gasteiger charge is 2.13. The number of rotatable bonds is 3. The molecule has 0 aliphatic heterocycles. The van der Waals surface area contributed by atoms with Crippen LogP contribution in [0.5, 0.6) is 5.75 Å². The second-order valence-corrected chi connectivity index (χ2v) is 3.66. The summed E-state index contributed by atoms with van der Waals surface area (Å²) >= 11 is 3.05. The Kier molecular flexibility index (Phi) is 3.62. The average Bonchev–Trinajstić information content (AvgIpc) is 2.11. The van der Waals surface area contributed by atoms with E-state index in [4.69, 9.17) is 5.73 Å². The third-order valence-corrected chi connectivity index (χ3v) is 2.37. The van der Waals surface area contributed by atoms with Crippen molar-refractivity contribution in [1.29, 1.82) is 0 Å². The monoisotopic (exact) mass is 279 g/mol. The SMILES string of the molecule is CC(=O)c1cc(Br)c(N)c(OC(F)F)c1. The van der Waals surface area contributed by atoms with Gasteiger partial charge >= 0.3 is 6.61 Å². The maximum Gasteiger partial charge on any atom is 0.387 e. The zero-order valence-corrected chi connectivity index (χ0v) is 9.35. The number of nitrogens with two attached hydrogens (primary N) is 1. The van der Waals surface area contributed by atoms with Crippen LogP contribution < -0.4 is 10.5 Å². The van der Waals surface area contributed by atoms with Crippen LogP contribution >= 0.6 is 15.9 Å². The van der Waals surface area contributed by atoms with Gasteiger partial charge in [0.1, 0.15) is 0 Å². The van der Waals surface area contributed by atoms with Crippen LogP contribution in [0, 0.1) is 0 Å². The van der Waals surface area contributed by atoms with E-state index in [1.165, 1.54) is 19.1 Å². The van der Waals surface area contributed by atoms with Crippen molar-refractivity contribution in [2.75, 3.05) is 5.73 Å². The van der Waals surface area contributed by atoms with E-state index in [0.717, 1.165) is 0 Å². The number of ether oxygens (including phenoxy) is 1. The van der Waals surface area contributed by atoms with E-state index in [9.17, 15) is 13.6 Å². The fourth-order valence-electron chi connectivity index (χ4n) is 0.989. The number of carbonyl (C=O) groups is 1. The molecule has 1 aromatic carbocycles. The van der Waals surface area contributed by atoms with Crippen LogP contribution in [0.15, 0.2) is 16.6 Å². The Morgan fingerprint density at radius 3 is 2.60 bits per heavy atom. The molecule has 0 atom stereocenters. The Morgan fingerprint density at radius 1 is 1.53 bits per heavy atom. The number of benzene rings is 1. The summed E-state index contributed by atoms with van der Waals surface area (Å²) in [5, 5.41) is 0. The van der Waals surface area contributed by atoms with E-state index < -0.39 is 6.61 Å². The van der Waals surface area contributed by atoms with E-state index >= 15 is 0 Å². The molecule has 15 heavy (non-hydrogen) atoms. The molecule has 0 unspecified atom stereocenters. The van der Waals surface area contributed by atoms with E-state index in [1.807, 2.05) is 0 Å². The van der Waals surface area contributed by atoms with Gasteiger partial charge in [-0.15, -0.1) is 0 Å². The number of hydrogen-bond donors (Lipinski definition) is 1. The highest BCUT2D eigenvalue weighted by atomic mass is 79.9. The lowest BCUT2D eigenvalue weighted by Crippen LogP contribution is -2.06. The van der Waals surface area contributed by atoms with Gasteiger partial charge in [-0.05, 0) is 35.0 Å². The van der Waals surface area contributed by atoms with Crippen LogP contribution in [0.2, 0.25) is 0 Å². The van der Waals surface area contributed by atoms with Crippen LogP contribution in [0.25, 0.3) is 0 Å². The van der Waals surface area contributed by atoms with Crippen molar-refractivity contribution in [3.8, 4) is 5.75 Å². The smallest absolute Gasteiger partial charge is 0.387 e. The minimum Gasteiger partial charge on any atom is -0.433 e. The molecule has 2 N–H and O–H groups in total. The number of Topliss-reactive ketones (excluding diaryl/α,β-unsaturated/α-hetero) is 1. The number of halogens is 3. The Labute approximate surface area is 93.3 Å². The first-order chi connectivity index (χ1) is 6.91. The molecular weight excluding hydrogens is 272 g/mol. The predicted molar refractivity (Wildman–Crippen MR) is 55.2 cm³/mol. The fourth-order valence-corrected chi connectivity index (χ4v) is 1.43. The van der Waals surface area contributed by atoms with Crippen LogP contribution in [-0.2, 0) is 0 Å². The largest absolute Gasteiger partial charge is 0.433 e. The van der Waals surface area contributed by atoms with Gasteiger partial charge in [-0.25, -0.2) is 0 Å². The molecule has 0 heterocycles. The second kappa shape index (κ2) is 4.57. The molecule has 0 saturated carbocycles. The van der Waals surface area contributed by atoms with E-state index in [-0.39, 0.29) is 22.8 Å². The number of ketones is 1. The summed E-state index contributed by atoms with van der Waals surface area (Å²) in [5.41, 5.74) is 5.78. The third kappa shape index (κ3) is 2.89. The maximum absolute atomic E-state index is 12.0. The van der Waals surface area contributed by atoms with Gasteiger partial charge in [0.2, 0.25) is 0 Å². The lowest BCUT2D eigenvalue weighted by Gasteiger charge is -2.10. The highest BCUT2D eigenvalue weighted by molar-refractivity contribution is 9.10. The van der Waals surface area contributed by atoms with Gasteiger partial charge in [0, 0.05) is 10.0 Å². The summed E-state index contributed by atoms with van der Waals surface area (Å²) in [4.78, 5) is 11.0. The number of carbonyl (C=O) groups excluding carboxylic acids is 1. The third-order valence-electron chi connectivity index (χ3n) is 1.71. The number of hydrogen-bond acceptors (Lipinski definition) is 3. The molecule has 0 amide bonds. The lowest BCUT2D eigenvalue weighted by atomic mass is 10.1.